The van der Waals surface area contributed by atoms with E-state index >= 15 is 0 Å². The molecule has 2 heteroatoms. The van der Waals surface area contributed by atoms with Crippen LogP contribution in [-0.4, -0.2) is 37.7 Å². The Hall–Kier alpha value is -0.0800. The van der Waals surface area contributed by atoms with Crippen LogP contribution in [0.2, 0.25) is 0 Å². The number of rotatable bonds is 6. The summed E-state index contributed by atoms with van der Waals surface area (Å²) >= 11 is 0. The minimum atomic E-state index is 0.511. The van der Waals surface area contributed by atoms with Crippen LogP contribution in [0, 0.1) is 5.92 Å². The summed E-state index contributed by atoms with van der Waals surface area (Å²) in [6, 6.07) is 0. The molecule has 1 fully saturated rings. The molecule has 1 aliphatic heterocycles. The zero-order valence-corrected chi connectivity index (χ0v) is 9.96. The molecule has 14 heavy (non-hydrogen) atoms. The Morgan fingerprint density at radius 3 is 2.86 bits per heavy atom. The fourth-order valence-corrected chi connectivity index (χ4v) is 1.87. The van der Waals surface area contributed by atoms with Crippen LogP contribution in [0.4, 0.5) is 0 Å². The average Bonchev–Trinajstić information content (AvgIpc) is 2.66. The Morgan fingerprint density at radius 2 is 2.29 bits per heavy atom. The highest BCUT2D eigenvalue weighted by atomic mass is 16.5. The second-order valence-electron chi connectivity index (χ2n) is 4.70. The zero-order valence-electron chi connectivity index (χ0n) is 9.96. The van der Waals surface area contributed by atoms with E-state index in [1.54, 1.807) is 0 Å². The lowest BCUT2D eigenvalue weighted by Crippen LogP contribution is -2.30. The van der Waals surface area contributed by atoms with Crippen molar-refractivity contribution in [2.24, 2.45) is 5.92 Å². The van der Waals surface area contributed by atoms with Gasteiger partial charge in [0.2, 0.25) is 0 Å². The van der Waals surface area contributed by atoms with Crippen molar-refractivity contribution in [1.29, 1.82) is 0 Å². The number of hydrogen-bond donors (Lipinski definition) is 0. The van der Waals surface area contributed by atoms with Gasteiger partial charge in [0.1, 0.15) is 0 Å². The summed E-state index contributed by atoms with van der Waals surface area (Å²) in [4.78, 5) is 2.42. The SMILES string of the molecule is CCC(C)CCN(C)CC1CCCO1. The van der Waals surface area contributed by atoms with Gasteiger partial charge in [-0.2, -0.15) is 0 Å². The molecule has 1 aliphatic rings. The van der Waals surface area contributed by atoms with Crippen LogP contribution < -0.4 is 0 Å². The third kappa shape index (κ3) is 4.43. The first-order chi connectivity index (χ1) is 6.72. The molecular formula is C12H25NO. The van der Waals surface area contributed by atoms with E-state index in [0.29, 0.717) is 6.10 Å². The molecule has 0 aliphatic carbocycles. The second-order valence-corrected chi connectivity index (χ2v) is 4.70. The van der Waals surface area contributed by atoms with Gasteiger partial charge >= 0.3 is 0 Å². The summed E-state index contributed by atoms with van der Waals surface area (Å²) in [5.74, 6) is 0.863. The zero-order chi connectivity index (χ0) is 10.4. The Morgan fingerprint density at radius 1 is 1.50 bits per heavy atom. The highest BCUT2D eigenvalue weighted by Crippen LogP contribution is 2.13. The molecule has 2 nitrogen and oxygen atoms in total. The van der Waals surface area contributed by atoms with Crippen molar-refractivity contribution in [2.45, 2.75) is 45.6 Å². The Balaban J connectivity index is 2.05. The Labute approximate surface area is 88.6 Å². The molecule has 84 valence electrons. The molecule has 0 bridgehead atoms. The van der Waals surface area contributed by atoms with Crippen LogP contribution in [0.25, 0.3) is 0 Å². The monoisotopic (exact) mass is 199 g/mol. The van der Waals surface area contributed by atoms with Gasteiger partial charge in [-0.3, -0.25) is 0 Å². The van der Waals surface area contributed by atoms with E-state index in [2.05, 4.69) is 25.8 Å². The van der Waals surface area contributed by atoms with Gasteiger partial charge in [0, 0.05) is 13.2 Å². The third-order valence-electron chi connectivity index (χ3n) is 3.24. The van der Waals surface area contributed by atoms with Gasteiger partial charge < -0.3 is 9.64 Å². The van der Waals surface area contributed by atoms with E-state index in [1.165, 1.54) is 32.2 Å². The van der Waals surface area contributed by atoms with Crippen LogP contribution in [0.5, 0.6) is 0 Å². The Bertz CT molecular complexity index is 143. The van der Waals surface area contributed by atoms with Crippen LogP contribution in [-0.2, 0) is 4.74 Å². The van der Waals surface area contributed by atoms with Crippen molar-refractivity contribution in [3.8, 4) is 0 Å². The lowest BCUT2D eigenvalue weighted by Gasteiger charge is -2.21. The van der Waals surface area contributed by atoms with E-state index in [-0.39, 0.29) is 0 Å². The predicted octanol–water partition coefficient (Wildman–Crippen LogP) is 2.53. The quantitative estimate of drug-likeness (QED) is 0.652. The largest absolute Gasteiger partial charge is 0.377 e. The first kappa shape index (κ1) is 12.0. The molecule has 1 rings (SSSR count). The number of hydrogen-bond acceptors (Lipinski definition) is 2. The van der Waals surface area contributed by atoms with Crippen LogP contribution in [0.3, 0.4) is 0 Å². The number of nitrogens with zero attached hydrogens (tertiary/aromatic N) is 1. The minimum absolute atomic E-state index is 0.511. The maximum Gasteiger partial charge on any atom is 0.0702 e. The van der Waals surface area contributed by atoms with E-state index in [9.17, 15) is 0 Å². The topological polar surface area (TPSA) is 12.5 Å². The van der Waals surface area contributed by atoms with E-state index in [4.69, 9.17) is 4.74 Å². The summed E-state index contributed by atoms with van der Waals surface area (Å²) in [5.41, 5.74) is 0. The number of likely N-dealkylation sites (N-methyl/N-ethyl adjacent to an activating group) is 1. The highest BCUT2D eigenvalue weighted by Gasteiger charge is 2.17. The molecule has 0 amide bonds. The first-order valence-corrected chi connectivity index (χ1v) is 6.02. The van der Waals surface area contributed by atoms with Crippen LogP contribution >= 0.6 is 0 Å². The lowest BCUT2D eigenvalue weighted by molar-refractivity contribution is 0.0797. The van der Waals surface area contributed by atoms with Crippen molar-refractivity contribution in [3.05, 3.63) is 0 Å². The summed E-state index contributed by atoms with van der Waals surface area (Å²) < 4.78 is 5.62. The third-order valence-corrected chi connectivity index (χ3v) is 3.24. The van der Waals surface area contributed by atoms with Crippen molar-refractivity contribution in [2.75, 3.05) is 26.7 Å². The van der Waals surface area contributed by atoms with Crippen LogP contribution in [0.1, 0.15) is 39.5 Å². The summed E-state index contributed by atoms with van der Waals surface area (Å²) in [6.45, 7) is 7.92. The van der Waals surface area contributed by atoms with Gasteiger partial charge in [0.25, 0.3) is 0 Å². The van der Waals surface area contributed by atoms with Gasteiger partial charge in [-0.15, -0.1) is 0 Å². The highest BCUT2D eigenvalue weighted by molar-refractivity contribution is 4.68. The molecule has 1 saturated heterocycles. The van der Waals surface area contributed by atoms with Crippen LogP contribution in [0.15, 0.2) is 0 Å². The normalized spacial score (nSPS) is 24.4. The molecule has 0 radical (unpaired) electrons. The average molecular weight is 199 g/mol. The van der Waals surface area contributed by atoms with Gasteiger partial charge in [0.05, 0.1) is 6.10 Å². The molecule has 0 spiro atoms. The molecule has 0 N–H and O–H groups in total. The molecule has 0 aromatic rings. The first-order valence-electron chi connectivity index (χ1n) is 6.02. The van der Waals surface area contributed by atoms with Gasteiger partial charge in [0.15, 0.2) is 0 Å². The van der Waals surface area contributed by atoms with Crippen molar-refractivity contribution in [3.63, 3.8) is 0 Å². The van der Waals surface area contributed by atoms with Gasteiger partial charge in [-0.25, -0.2) is 0 Å². The second kappa shape index (κ2) is 6.41. The summed E-state index contributed by atoms with van der Waals surface area (Å²) in [6.07, 6.45) is 5.64. The van der Waals surface area contributed by atoms with E-state index in [0.717, 1.165) is 19.1 Å². The fourth-order valence-electron chi connectivity index (χ4n) is 1.87. The van der Waals surface area contributed by atoms with Crippen molar-refractivity contribution in [1.82, 2.24) is 4.90 Å². The number of ether oxygens (including phenoxy) is 1. The maximum absolute atomic E-state index is 5.62. The molecule has 0 aromatic carbocycles. The molecule has 0 saturated carbocycles. The molecule has 0 aromatic heterocycles. The molecule has 2 atom stereocenters. The lowest BCUT2D eigenvalue weighted by atomic mass is 10.1. The van der Waals surface area contributed by atoms with E-state index < -0.39 is 0 Å². The van der Waals surface area contributed by atoms with E-state index in [1.807, 2.05) is 0 Å². The standard InChI is InChI=1S/C12H25NO/c1-4-11(2)7-8-13(3)10-12-6-5-9-14-12/h11-12H,4-10H2,1-3H3. The summed E-state index contributed by atoms with van der Waals surface area (Å²) in [7, 11) is 2.21. The van der Waals surface area contributed by atoms with Crippen molar-refractivity contribution >= 4 is 0 Å². The molecular weight excluding hydrogens is 174 g/mol. The Kier molecular flexibility index (Phi) is 5.49. The fraction of sp³-hybridized carbons (Fsp3) is 1.00. The molecule has 1 heterocycles. The van der Waals surface area contributed by atoms with Gasteiger partial charge in [-0.05, 0) is 38.8 Å². The van der Waals surface area contributed by atoms with Crippen molar-refractivity contribution < 1.29 is 4.74 Å². The smallest absolute Gasteiger partial charge is 0.0702 e. The summed E-state index contributed by atoms with van der Waals surface area (Å²) in [5, 5.41) is 0. The predicted molar refractivity (Wildman–Crippen MR) is 60.5 cm³/mol. The van der Waals surface area contributed by atoms with Gasteiger partial charge in [-0.1, -0.05) is 20.3 Å². The minimum Gasteiger partial charge on any atom is -0.377 e. The molecule has 2 unspecified atom stereocenters. The maximum atomic E-state index is 5.62.